The monoisotopic (exact) mass is 272 g/mol. The van der Waals surface area contributed by atoms with Gasteiger partial charge >= 0.3 is 11.9 Å². The molecule has 0 amide bonds. The molecule has 19 heavy (non-hydrogen) atoms. The quantitative estimate of drug-likeness (QED) is 0.685. The van der Waals surface area contributed by atoms with E-state index in [9.17, 15) is 14.7 Å². The summed E-state index contributed by atoms with van der Waals surface area (Å²) in [5.74, 6) is -1.65. The fraction of sp³-hybridized carbons (Fsp3) is 0.867. The molecule has 0 aromatic rings. The molecule has 0 heterocycles. The van der Waals surface area contributed by atoms with Crippen molar-refractivity contribution in [3.05, 3.63) is 0 Å². The number of carbonyl (C=O) groups excluding carboxylic acids is 1. The van der Waals surface area contributed by atoms with Crippen LogP contribution in [-0.4, -0.2) is 22.6 Å². The first-order valence-corrected chi connectivity index (χ1v) is 7.10. The van der Waals surface area contributed by atoms with E-state index in [-0.39, 0.29) is 6.42 Å². The second-order valence-electron chi connectivity index (χ2n) is 6.31. The van der Waals surface area contributed by atoms with Crippen LogP contribution in [0.5, 0.6) is 0 Å². The number of ether oxygens (including phenoxy) is 1. The first-order chi connectivity index (χ1) is 8.65. The topological polar surface area (TPSA) is 63.6 Å². The van der Waals surface area contributed by atoms with Gasteiger partial charge in [-0.1, -0.05) is 33.1 Å². The van der Waals surface area contributed by atoms with Crippen molar-refractivity contribution in [3.8, 4) is 0 Å². The highest BCUT2D eigenvalue weighted by Gasteiger charge is 2.26. The summed E-state index contributed by atoms with van der Waals surface area (Å²) in [5, 5.41) is 9.19. The molecule has 0 aliphatic rings. The third-order valence-corrected chi connectivity index (χ3v) is 2.92. The van der Waals surface area contributed by atoms with Gasteiger partial charge in [0.1, 0.15) is 5.60 Å². The molecule has 0 radical (unpaired) electrons. The molecule has 2 atom stereocenters. The van der Waals surface area contributed by atoms with E-state index in [0.717, 1.165) is 19.3 Å². The Morgan fingerprint density at radius 3 is 2.26 bits per heavy atom. The molecule has 0 aliphatic carbocycles. The third-order valence-electron chi connectivity index (χ3n) is 2.92. The molecule has 0 saturated heterocycles. The minimum atomic E-state index is -0.908. The van der Waals surface area contributed by atoms with Gasteiger partial charge in [0.2, 0.25) is 0 Å². The van der Waals surface area contributed by atoms with Crippen molar-refractivity contribution >= 4 is 11.9 Å². The van der Waals surface area contributed by atoms with Crippen LogP contribution in [0.4, 0.5) is 0 Å². The summed E-state index contributed by atoms with van der Waals surface area (Å²) in [6.45, 7) is 9.50. The van der Waals surface area contributed by atoms with Gasteiger partial charge in [0.05, 0.1) is 12.3 Å². The Hall–Kier alpha value is -1.06. The maximum Gasteiger partial charge on any atom is 0.307 e. The van der Waals surface area contributed by atoms with E-state index in [0.29, 0.717) is 12.3 Å². The maximum absolute atomic E-state index is 11.7. The highest BCUT2D eigenvalue weighted by atomic mass is 16.6. The van der Waals surface area contributed by atoms with Crippen molar-refractivity contribution in [2.45, 2.75) is 72.3 Å². The molecule has 0 fully saturated rings. The number of aliphatic carboxylic acids is 1. The first kappa shape index (κ1) is 17.9. The Labute approximate surface area is 116 Å². The van der Waals surface area contributed by atoms with Crippen LogP contribution in [0.2, 0.25) is 0 Å². The van der Waals surface area contributed by atoms with Crippen molar-refractivity contribution in [2.75, 3.05) is 0 Å². The van der Waals surface area contributed by atoms with Crippen molar-refractivity contribution in [1.29, 1.82) is 0 Å². The van der Waals surface area contributed by atoms with Crippen LogP contribution in [0.15, 0.2) is 0 Å². The molecule has 0 aliphatic heterocycles. The summed E-state index contributed by atoms with van der Waals surface area (Å²) in [5.41, 5.74) is -0.562. The van der Waals surface area contributed by atoms with Crippen LogP contribution >= 0.6 is 0 Å². The maximum atomic E-state index is 11.7. The van der Waals surface area contributed by atoms with Crippen LogP contribution in [0.1, 0.15) is 66.7 Å². The number of hydrogen-bond donors (Lipinski definition) is 1. The molecule has 0 aromatic carbocycles. The van der Waals surface area contributed by atoms with Crippen molar-refractivity contribution < 1.29 is 19.4 Å². The molecule has 4 nitrogen and oxygen atoms in total. The molecule has 112 valence electrons. The van der Waals surface area contributed by atoms with Gasteiger partial charge in [-0.25, -0.2) is 0 Å². The zero-order valence-electron chi connectivity index (χ0n) is 12.9. The Morgan fingerprint density at radius 2 is 1.84 bits per heavy atom. The van der Waals surface area contributed by atoms with Gasteiger partial charge in [-0.05, 0) is 33.1 Å². The number of hydrogen-bond acceptors (Lipinski definition) is 3. The molecule has 4 heteroatoms. The molecule has 1 N–H and O–H groups in total. The summed E-state index contributed by atoms with van der Waals surface area (Å²) < 4.78 is 5.18. The van der Waals surface area contributed by atoms with Crippen LogP contribution in [0.3, 0.4) is 0 Å². The van der Waals surface area contributed by atoms with Crippen molar-refractivity contribution in [1.82, 2.24) is 0 Å². The summed E-state index contributed by atoms with van der Waals surface area (Å²) >= 11 is 0. The molecule has 0 bridgehead atoms. The second kappa shape index (κ2) is 8.18. The summed E-state index contributed by atoms with van der Waals surface area (Å²) in [4.78, 5) is 22.9. The van der Waals surface area contributed by atoms with E-state index in [2.05, 4.69) is 6.92 Å². The number of esters is 1. The first-order valence-electron chi connectivity index (χ1n) is 7.10. The number of carboxylic acids is 1. The third kappa shape index (κ3) is 9.51. The fourth-order valence-electron chi connectivity index (χ4n) is 2.01. The van der Waals surface area contributed by atoms with Crippen molar-refractivity contribution in [2.24, 2.45) is 11.8 Å². The van der Waals surface area contributed by atoms with Crippen LogP contribution in [0, 0.1) is 11.8 Å². The smallest absolute Gasteiger partial charge is 0.307 e. The molecular weight excluding hydrogens is 244 g/mol. The van der Waals surface area contributed by atoms with Gasteiger partial charge in [0, 0.05) is 0 Å². The lowest BCUT2D eigenvalue weighted by molar-refractivity contribution is -0.160. The minimum Gasteiger partial charge on any atom is -0.481 e. The SMILES string of the molecule is CCCCC(C)CC(CC(=O)OC(C)(C)C)C(=O)O. The van der Waals surface area contributed by atoms with Gasteiger partial charge in [0.15, 0.2) is 0 Å². The molecule has 0 aromatic heterocycles. The van der Waals surface area contributed by atoms with Crippen LogP contribution in [0.25, 0.3) is 0 Å². The number of unbranched alkanes of at least 4 members (excludes halogenated alkanes) is 1. The number of rotatable bonds is 8. The predicted molar refractivity (Wildman–Crippen MR) is 74.9 cm³/mol. The van der Waals surface area contributed by atoms with Gasteiger partial charge in [-0.15, -0.1) is 0 Å². The highest BCUT2D eigenvalue weighted by molar-refractivity contribution is 5.78. The molecular formula is C15H28O4. The zero-order chi connectivity index (χ0) is 15.1. The average molecular weight is 272 g/mol. The minimum absolute atomic E-state index is 0.0386. The zero-order valence-corrected chi connectivity index (χ0v) is 12.9. The Bertz CT molecular complexity index is 291. The second-order valence-corrected chi connectivity index (χ2v) is 6.31. The van der Waals surface area contributed by atoms with E-state index in [1.54, 1.807) is 20.8 Å². The molecule has 0 rings (SSSR count). The molecule has 2 unspecified atom stereocenters. The Balaban J connectivity index is 4.34. The van der Waals surface area contributed by atoms with E-state index in [4.69, 9.17) is 4.74 Å². The number of carboxylic acid groups (broad SMARTS) is 1. The summed E-state index contributed by atoms with van der Waals surface area (Å²) in [7, 11) is 0. The highest BCUT2D eigenvalue weighted by Crippen LogP contribution is 2.22. The largest absolute Gasteiger partial charge is 0.481 e. The van der Waals surface area contributed by atoms with Gasteiger partial charge < -0.3 is 9.84 Å². The normalized spacial score (nSPS) is 14.8. The van der Waals surface area contributed by atoms with Gasteiger partial charge in [-0.2, -0.15) is 0 Å². The Kier molecular flexibility index (Phi) is 7.72. The fourth-order valence-corrected chi connectivity index (χ4v) is 2.01. The van der Waals surface area contributed by atoms with Gasteiger partial charge in [0.25, 0.3) is 0 Å². The lowest BCUT2D eigenvalue weighted by Gasteiger charge is -2.22. The summed E-state index contributed by atoms with van der Waals surface area (Å²) in [6.07, 6.45) is 3.71. The summed E-state index contributed by atoms with van der Waals surface area (Å²) in [6, 6.07) is 0. The standard InChI is InChI=1S/C15H28O4/c1-6-7-8-11(2)9-12(14(17)18)10-13(16)19-15(3,4)5/h11-12H,6-10H2,1-5H3,(H,17,18). The van der Waals surface area contributed by atoms with E-state index in [1.807, 2.05) is 6.92 Å². The average Bonchev–Trinajstić information content (AvgIpc) is 2.22. The lowest BCUT2D eigenvalue weighted by atomic mass is 9.90. The van der Waals surface area contributed by atoms with Crippen LogP contribution in [-0.2, 0) is 14.3 Å². The van der Waals surface area contributed by atoms with E-state index in [1.165, 1.54) is 0 Å². The molecule has 0 spiro atoms. The number of carbonyl (C=O) groups is 2. The lowest BCUT2D eigenvalue weighted by Crippen LogP contribution is -2.28. The molecule has 0 saturated carbocycles. The predicted octanol–water partition coefficient (Wildman–Crippen LogP) is 3.64. The van der Waals surface area contributed by atoms with Crippen molar-refractivity contribution in [3.63, 3.8) is 0 Å². The van der Waals surface area contributed by atoms with E-state index >= 15 is 0 Å². The van der Waals surface area contributed by atoms with Gasteiger partial charge in [-0.3, -0.25) is 9.59 Å². The Morgan fingerprint density at radius 1 is 1.26 bits per heavy atom. The van der Waals surface area contributed by atoms with Crippen LogP contribution < -0.4 is 0 Å². The van der Waals surface area contributed by atoms with E-state index < -0.39 is 23.5 Å².